The number of benzene rings is 1. The molecule has 1 unspecified atom stereocenters. The van der Waals surface area contributed by atoms with Crippen LogP contribution in [0.2, 0.25) is 0 Å². The Balaban J connectivity index is 2.80. The van der Waals surface area contributed by atoms with E-state index in [-0.39, 0.29) is 11.3 Å². The average molecular weight is 315 g/mol. The molecule has 21 heavy (non-hydrogen) atoms. The molecule has 0 aromatic heterocycles. The zero-order valence-corrected chi connectivity index (χ0v) is 10.6. The molecule has 0 saturated carbocycles. The van der Waals surface area contributed by atoms with Crippen molar-refractivity contribution in [1.82, 2.24) is 5.32 Å². The van der Waals surface area contributed by atoms with Gasteiger partial charge in [0.05, 0.1) is 6.04 Å². The van der Waals surface area contributed by atoms with Crippen LogP contribution in [0.5, 0.6) is 5.75 Å². The van der Waals surface area contributed by atoms with Crippen molar-refractivity contribution in [3.05, 3.63) is 29.8 Å². The lowest BCUT2D eigenvalue weighted by atomic mass is 10.1. The summed E-state index contributed by atoms with van der Waals surface area (Å²) in [4.78, 5) is 11.1. The van der Waals surface area contributed by atoms with Crippen molar-refractivity contribution >= 4 is 5.91 Å². The van der Waals surface area contributed by atoms with Gasteiger partial charge >= 0.3 is 19.0 Å². The Morgan fingerprint density at radius 2 is 1.86 bits per heavy atom. The number of ether oxygens (including phenoxy) is 1. The van der Waals surface area contributed by atoms with Crippen molar-refractivity contribution in [1.29, 1.82) is 0 Å². The van der Waals surface area contributed by atoms with Gasteiger partial charge in [0.15, 0.2) is 0 Å². The van der Waals surface area contributed by atoms with E-state index in [1.165, 1.54) is 25.1 Å². The first-order valence-corrected chi connectivity index (χ1v) is 5.66. The van der Waals surface area contributed by atoms with E-state index < -0.39 is 30.9 Å². The highest BCUT2D eigenvalue weighted by atomic mass is 19.3. The summed E-state index contributed by atoms with van der Waals surface area (Å²) in [6.45, 7) is -1.84. The molecule has 9 heteroatoms. The Morgan fingerprint density at radius 3 is 2.38 bits per heavy atom. The molecule has 1 aromatic rings. The smallest absolute Gasteiger partial charge is 0.387 e. The molecular weight excluding hydrogens is 304 g/mol. The third kappa shape index (κ3) is 4.54. The van der Waals surface area contributed by atoms with Gasteiger partial charge in [0.25, 0.3) is 5.91 Å². The Bertz CT molecular complexity index is 494. The number of rotatable bonds is 6. The van der Waals surface area contributed by atoms with E-state index >= 15 is 0 Å². The summed E-state index contributed by atoms with van der Waals surface area (Å²) in [5, 5.41) is 1.69. The van der Waals surface area contributed by atoms with Crippen molar-refractivity contribution in [2.24, 2.45) is 0 Å². The van der Waals surface area contributed by atoms with Gasteiger partial charge in [0.1, 0.15) is 5.75 Å². The summed E-state index contributed by atoms with van der Waals surface area (Å²) in [7, 11) is 0. The van der Waals surface area contributed by atoms with E-state index in [0.29, 0.717) is 0 Å². The summed E-state index contributed by atoms with van der Waals surface area (Å²) in [6.07, 6.45) is -4.14. The van der Waals surface area contributed by atoms with Crippen LogP contribution in [0, 0.1) is 0 Å². The SMILES string of the molecule is CC(NC(=O)C(F)(F)C(F)F)c1cccc(OC(F)F)c1. The fraction of sp³-hybridized carbons (Fsp3) is 0.417. The fourth-order valence-electron chi connectivity index (χ4n) is 1.44. The summed E-state index contributed by atoms with van der Waals surface area (Å²) >= 11 is 0. The van der Waals surface area contributed by atoms with Crippen LogP contribution in [-0.4, -0.2) is 24.9 Å². The van der Waals surface area contributed by atoms with Crippen LogP contribution in [0.4, 0.5) is 26.3 Å². The molecule has 0 fully saturated rings. The van der Waals surface area contributed by atoms with E-state index in [1.54, 1.807) is 5.32 Å². The van der Waals surface area contributed by atoms with Crippen molar-refractivity contribution in [2.75, 3.05) is 0 Å². The first kappa shape index (κ1) is 17.1. The number of alkyl halides is 6. The fourth-order valence-corrected chi connectivity index (χ4v) is 1.44. The average Bonchev–Trinajstić information content (AvgIpc) is 2.37. The normalized spacial score (nSPS) is 13.4. The minimum Gasteiger partial charge on any atom is -0.435 e. The Labute approximate surface area is 115 Å². The number of nitrogens with one attached hydrogen (secondary N) is 1. The van der Waals surface area contributed by atoms with Crippen LogP contribution in [0.3, 0.4) is 0 Å². The third-order valence-corrected chi connectivity index (χ3v) is 2.51. The van der Waals surface area contributed by atoms with Gasteiger partial charge in [0, 0.05) is 0 Å². The van der Waals surface area contributed by atoms with Crippen LogP contribution in [-0.2, 0) is 4.79 Å². The lowest BCUT2D eigenvalue weighted by molar-refractivity contribution is -0.170. The highest BCUT2D eigenvalue weighted by molar-refractivity contribution is 5.84. The highest BCUT2D eigenvalue weighted by Crippen LogP contribution is 2.25. The Hall–Kier alpha value is -1.93. The molecule has 1 aromatic carbocycles. The molecule has 1 N–H and O–H groups in total. The molecular formula is C12H11F6NO2. The van der Waals surface area contributed by atoms with E-state index in [4.69, 9.17) is 0 Å². The molecule has 0 aliphatic carbocycles. The van der Waals surface area contributed by atoms with Gasteiger partial charge < -0.3 is 10.1 Å². The largest absolute Gasteiger partial charge is 0.435 e. The summed E-state index contributed by atoms with van der Waals surface area (Å²) < 4.78 is 77.8. The summed E-state index contributed by atoms with van der Waals surface area (Å²) in [5.74, 6) is -7.22. The number of halogens is 6. The predicted octanol–water partition coefficient (Wildman–Crippen LogP) is 3.37. The second-order valence-corrected chi connectivity index (χ2v) is 4.07. The number of carbonyl (C=O) groups is 1. The van der Waals surface area contributed by atoms with Gasteiger partial charge in [0.2, 0.25) is 0 Å². The zero-order chi connectivity index (χ0) is 16.2. The number of hydrogen-bond donors (Lipinski definition) is 1. The maximum Gasteiger partial charge on any atom is 0.387 e. The molecule has 1 atom stereocenters. The predicted molar refractivity (Wildman–Crippen MR) is 60.6 cm³/mol. The van der Waals surface area contributed by atoms with Gasteiger partial charge in [-0.2, -0.15) is 17.6 Å². The van der Waals surface area contributed by atoms with Crippen LogP contribution >= 0.6 is 0 Å². The lowest BCUT2D eigenvalue weighted by Crippen LogP contribution is -2.45. The Kier molecular flexibility index (Phi) is 5.45. The minimum atomic E-state index is -4.83. The van der Waals surface area contributed by atoms with Gasteiger partial charge in [-0.1, -0.05) is 12.1 Å². The summed E-state index contributed by atoms with van der Waals surface area (Å²) in [5.41, 5.74) is 0.145. The topological polar surface area (TPSA) is 38.3 Å². The summed E-state index contributed by atoms with van der Waals surface area (Å²) in [6, 6.07) is 3.81. The first-order chi connectivity index (χ1) is 9.64. The van der Waals surface area contributed by atoms with Gasteiger partial charge in [-0.25, -0.2) is 8.78 Å². The molecule has 0 saturated heterocycles. The molecule has 118 valence electrons. The van der Waals surface area contributed by atoms with Crippen LogP contribution < -0.4 is 10.1 Å². The van der Waals surface area contributed by atoms with Crippen LogP contribution in [0.1, 0.15) is 18.5 Å². The second-order valence-electron chi connectivity index (χ2n) is 4.07. The highest BCUT2D eigenvalue weighted by Gasteiger charge is 2.49. The quantitative estimate of drug-likeness (QED) is 0.818. The maximum absolute atomic E-state index is 12.8. The number of hydrogen-bond acceptors (Lipinski definition) is 2. The van der Waals surface area contributed by atoms with Crippen LogP contribution in [0.25, 0.3) is 0 Å². The standard InChI is InChI=1S/C12H11F6NO2/c1-6(19-10(20)12(17,18)9(13)14)7-3-2-4-8(5-7)21-11(15)16/h2-6,9,11H,1H3,(H,19,20). The molecule has 0 aliphatic rings. The monoisotopic (exact) mass is 315 g/mol. The van der Waals surface area contributed by atoms with E-state index in [9.17, 15) is 31.1 Å². The molecule has 0 radical (unpaired) electrons. The van der Waals surface area contributed by atoms with Crippen molar-refractivity contribution in [2.45, 2.75) is 31.9 Å². The molecule has 1 rings (SSSR count). The van der Waals surface area contributed by atoms with Crippen LogP contribution in [0.15, 0.2) is 24.3 Å². The second kappa shape index (κ2) is 6.68. The Morgan fingerprint density at radius 1 is 1.24 bits per heavy atom. The van der Waals surface area contributed by atoms with E-state index in [0.717, 1.165) is 6.07 Å². The van der Waals surface area contributed by atoms with Crippen molar-refractivity contribution in [3.8, 4) is 5.75 Å². The molecule has 1 amide bonds. The number of carbonyl (C=O) groups excluding carboxylic acids is 1. The molecule has 0 bridgehead atoms. The molecule has 0 heterocycles. The molecule has 0 spiro atoms. The first-order valence-electron chi connectivity index (χ1n) is 5.66. The van der Waals surface area contributed by atoms with E-state index in [2.05, 4.69) is 4.74 Å². The van der Waals surface area contributed by atoms with Gasteiger partial charge in [-0.3, -0.25) is 4.79 Å². The number of amides is 1. The van der Waals surface area contributed by atoms with Gasteiger partial charge in [-0.15, -0.1) is 0 Å². The van der Waals surface area contributed by atoms with Crippen molar-refractivity contribution in [3.63, 3.8) is 0 Å². The minimum absolute atomic E-state index is 0.145. The molecule has 3 nitrogen and oxygen atoms in total. The third-order valence-electron chi connectivity index (χ3n) is 2.51. The van der Waals surface area contributed by atoms with E-state index in [1.807, 2.05) is 0 Å². The maximum atomic E-state index is 12.8. The van der Waals surface area contributed by atoms with Crippen molar-refractivity contribution < 1.29 is 35.9 Å². The lowest BCUT2D eigenvalue weighted by Gasteiger charge is -2.19. The molecule has 0 aliphatic heterocycles. The zero-order valence-electron chi connectivity index (χ0n) is 10.6. The van der Waals surface area contributed by atoms with Gasteiger partial charge in [-0.05, 0) is 24.6 Å².